The summed E-state index contributed by atoms with van der Waals surface area (Å²) in [4.78, 5) is 14.5. The Kier molecular flexibility index (Phi) is 9.84. The molecule has 6 aromatic rings. The SMILES string of the molecule is CC(=O)/C=C(/C)O.[CH2-][n+]1c(-c2[c-]c(CC(C)C)cc3c2oc2ncccc23)cc([Si](C)(C)C)c2c3ccccc3ccc21.[Ir]. The van der Waals surface area contributed by atoms with Gasteiger partial charge in [-0.3, -0.25) is 4.79 Å². The number of furan rings is 1. The second kappa shape index (κ2) is 13.1. The standard InChI is InChI=1S/C32H31N2OSi.C5H8O2.Ir/c1-20(2)16-21-17-25-24-12-9-15-33-32(24)35-31(25)26(18-21)28-19-29(36(4,5)6)30-23-11-8-7-10-22(23)13-14-27(30)34(28)3;1-4(6)3-5(2)7;/h7-15,17,19-20H,3,16H2,1-2,4-6H3;3,6H,1-2H3;/q-1;;/b;4-3-;. The number of carbonyl (C=O) groups excluding carboxylic acids is 1. The number of aliphatic hydroxyl groups is 1. The number of rotatable bonds is 5. The Morgan fingerprint density at radius 1 is 1.05 bits per heavy atom. The minimum atomic E-state index is -1.74. The maximum atomic E-state index is 10.0. The Morgan fingerprint density at radius 2 is 1.75 bits per heavy atom. The van der Waals surface area contributed by atoms with Crippen LogP contribution >= 0.6 is 0 Å². The zero-order valence-corrected chi connectivity index (χ0v) is 29.8. The molecule has 3 heterocycles. The molecule has 0 aliphatic heterocycles. The van der Waals surface area contributed by atoms with Crippen molar-refractivity contribution in [2.75, 3.05) is 0 Å². The molecule has 0 bridgehead atoms. The van der Waals surface area contributed by atoms with Gasteiger partial charge in [0.25, 0.3) is 0 Å². The van der Waals surface area contributed by atoms with Crippen LogP contribution in [0.1, 0.15) is 33.3 Å². The van der Waals surface area contributed by atoms with Crippen molar-refractivity contribution in [1.29, 1.82) is 0 Å². The van der Waals surface area contributed by atoms with Gasteiger partial charge in [0.05, 0.1) is 19.4 Å². The average Bonchev–Trinajstić information content (AvgIpc) is 3.30. The molecule has 44 heavy (non-hydrogen) atoms. The van der Waals surface area contributed by atoms with Gasteiger partial charge in [-0.2, -0.15) is 0 Å². The molecule has 0 unspecified atom stereocenters. The Hall–Kier alpha value is -3.77. The predicted octanol–water partition coefficient (Wildman–Crippen LogP) is 8.46. The maximum Gasteiger partial charge on any atom is 0.216 e. The van der Waals surface area contributed by atoms with Crippen molar-refractivity contribution in [3.8, 4) is 11.3 Å². The molecule has 1 N–H and O–H groups in total. The van der Waals surface area contributed by atoms with E-state index in [2.05, 4.69) is 111 Å². The van der Waals surface area contributed by atoms with Gasteiger partial charge in [0.2, 0.25) is 5.71 Å². The fourth-order valence-electron chi connectivity index (χ4n) is 5.72. The van der Waals surface area contributed by atoms with Crippen LogP contribution in [0.5, 0.6) is 0 Å². The molecular formula is C37H39IrN2O3Si-. The van der Waals surface area contributed by atoms with E-state index in [-0.39, 0.29) is 31.6 Å². The number of nitrogens with zero attached hydrogens (tertiary/aromatic N) is 2. The molecule has 229 valence electrons. The average molecular weight is 780 g/mol. The summed E-state index contributed by atoms with van der Waals surface area (Å²) in [5, 5.41) is 15.8. The summed E-state index contributed by atoms with van der Waals surface area (Å²) in [6.45, 7) is 14.6. The van der Waals surface area contributed by atoms with Crippen LogP contribution < -0.4 is 9.75 Å². The maximum absolute atomic E-state index is 10.0. The van der Waals surface area contributed by atoms with Crippen LogP contribution in [0.2, 0.25) is 19.6 Å². The minimum absolute atomic E-state index is 0. The Labute approximate surface area is 274 Å². The zero-order chi connectivity index (χ0) is 31.1. The van der Waals surface area contributed by atoms with Crippen molar-refractivity contribution in [1.82, 2.24) is 4.98 Å². The van der Waals surface area contributed by atoms with E-state index < -0.39 is 8.07 Å². The molecule has 6 rings (SSSR count). The van der Waals surface area contributed by atoms with Crippen LogP contribution in [0.15, 0.2) is 83.1 Å². The molecule has 3 aromatic carbocycles. The number of aliphatic hydroxyl groups excluding tert-OH is 1. The van der Waals surface area contributed by atoms with Crippen LogP contribution in [-0.2, 0) is 31.3 Å². The number of pyridine rings is 2. The van der Waals surface area contributed by atoms with Crippen LogP contribution in [-0.4, -0.2) is 23.9 Å². The normalized spacial score (nSPS) is 12.0. The minimum Gasteiger partial charge on any atom is -0.512 e. The van der Waals surface area contributed by atoms with Gasteiger partial charge in [0, 0.05) is 44.8 Å². The molecule has 0 saturated carbocycles. The molecular weight excluding hydrogens is 741 g/mol. The van der Waals surface area contributed by atoms with E-state index >= 15 is 0 Å². The van der Waals surface area contributed by atoms with E-state index in [1.807, 2.05) is 6.07 Å². The number of hydrogen-bond donors (Lipinski definition) is 1. The third kappa shape index (κ3) is 6.65. The molecule has 7 heteroatoms. The topological polar surface area (TPSA) is 67.2 Å². The summed E-state index contributed by atoms with van der Waals surface area (Å²) in [5.41, 5.74) is 5.81. The molecule has 1 radical (unpaired) electrons. The van der Waals surface area contributed by atoms with E-state index in [0.29, 0.717) is 11.6 Å². The first-order valence-corrected chi connectivity index (χ1v) is 18.2. The van der Waals surface area contributed by atoms with Crippen molar-refractivity contribution in [3.05, 3.63) is 97.4 Å². The van der Waals surface area contributed by atoms with Gasteiger partial charge in [-0.05, 0) is 72.2 Å². The van der Waals surface area contributed by atoms with E-state index in [0.717, 1.165) is 39.6 Å². The van der Waals surface area contributed by atoms with Crippen LogP contribution in [0.3, 0.4) is 0 Å². The van der Waals surface area contributed by atoms with Gasteiger partial charge in [0.15, 0.2) is 5.78 Å². The van der Waals surface area contributed by atoms with Crippen LogP contribution in [0, 0.1) is 19.0 Å². The molecule has 0 saturated heterocycles. The number of hydrogen-bond acceptors (Lipinski definition) is 4. The molecule has 0 fully saturated rings. The Morgan fingerprint density at radius 3 is 2.39 bits per heavy atom. The molecule has 0 amide bonds. The van der Waals surface area contributed by atoms with Crippen molar-refractivity contribution in [2.45, 2.75) is 53.8 Å². The quantitative estimate of drug-likeness (QED) is 0.0477. The number of benzene rings is 3. The van der Waals surface area contributed by atoms with Gasteiger partial charge in [0.1, 0.15) is 11.2 Å². The Balaban J connectivity index is 0.000000497. The van der Waals surface area contributed by atoms with E-state index in [4.69, 9.17) is 9.52 Å². The van der Waals surface area contributed by atoms with E-state index in [9.17, 15) is 4.79 Å². The summed E-state index contributed by atoms with van der Waals surface area (Å²) in [5.74, 6) is 0.461. The summed E-state index contributed by atoms with van der Waals surface area (Å²) in [6.07, 6.45) is 3.90. The second-order valence-electron chi connectivity index (χ2n) is 12.7. The largest absolute Gasteiger partial charge is 0.512 e. The first-order valence-electron chi connectivity index (χ1n) is 14.7. The van der Waals surface area contributed by atoms with Gasteiger partial charge in [-0.15, -0.1) is 17.7 Å². The predicted molar refractivity (Wildman–Crippen MR) is 180 cm³/mol. The van der Waals surface area contributed by atoms with Crippen LogP contribution in [0.25, 0.3) is 55.0 Å². The number of allylic oxidation sites excluding steroid dienone is 2. The molecule has 5 nitrogen and oxygen atoms in total. The molecule has 0 aliphatic carbocycles. The van der Waals surface area contributed by atoms with E-state index in [1.165, 1.54) is 46.8 Å². The number of carbonyl (C=O) groups is 1. The van der Waals surface area contributed by atoms with Gasteiger partial charge in [-0.1, -0.05) is 74.4 Å². The monoisotopic (exact) mass is 780 g/mol. The summed E-state index contributed by atoms with van der Waals surface area (Å²) >= 11 is 0. The first-order chi connectivity index (χ1) is 20.3. The summed E-state index contributed by atoms with van der Waals surface area (Å²) in [7, 11) is 2.82. The van der Waals surface area contributed by atoms with Crippen LogP contribution in [0.4, 0.5) is 0 Å². The van der Waals surface area contributed by atoms with Gasteiger partial charge in [-0.25, -0.2) is 4.98 Å². The summed E-state index contributed by atoms with van der Waals surface area (Å²) < 4.78 is 8.47. The number of ketones is 1. The van der Waals surface area contributed by atoms with Gasteiger partial charge < -0.3 is 14.1 Å². The van der Waals surface area contributed by atoms with Crippen molar-refractivity contribution < 1.29 is 39.0 Å². The van der Waals surface area contributed by atoms with Crippen molar-refractivity contribution in [2.24, 2.45) is 5.92 Å². The third-order valence-corrected chi connectivity index (χ3v) is 9.49. The molecule has 0 spiro atoms. The number of fused-ring (bicyclic) bond motifs is 6. The van der Waals surface area contributed by atoms with Crippen molar-refractivity contribution >= 4 is 62.8 Å². The fraction of sp³-hybridized carbons (Fsp3) is 0.243. The van der Waals surface area contributed by atoms with E-state index in [1.54, 1.807) is 6.20 Å². The molecule has 0 aliphatic rings. The number of aromatic nitrogens is 2. The van der Waals surface area contributed by atoms with Crippen molar-refractivity contribution in [3.63, 3.8) is 0 Å². The Bertz CT molecular complexity index is 2030. The second-order valence-corrected chi connectivity index (χ2v) is 17.7. The zero-order valence-electron chi connectivity index (χ0n) is 26.4. The third-order valence-electron chi connectivity index (χ3n) is 7.48. The fourth-order valence-corrected chi connectivity index (χ4v) is 7.30. The van der Waals surface area contributed by atoms with Gasteiger partial charge >= 0.3 is 0 Å². The summed E-state index contributed by atoms with van der Waals surface area (Å²) in [6, 6.07) is 25.5. The first kappa shape index (κ1) is 33.1. The molecule has 3 aromatic heterocycles. The smallest absolute Gasteiger partial charge is 0.216 e. The molecule has 0 atom stereocenters.